The number of methoxy groups -OCH3 is 2. The molecule has 0 saturated heterocycles. The molecule has 1 aliphatic rings. The second kappa shape index (κ2) is 16.7. The van der Waals surface area contributed by atoms with E-state index in [0.717, 1.165) is 23.1 Å². The van der Waals surface area contributed by atoms with Gasteiger partial charge in [-0.25, -0.2) is 9.79 Å². The molecule has 9 nitrogen and oxygen atoms in total. The molecule has 0 N–H and O–H groups in total. The zero-order chi connectivity index (χ0) is 35.8. The van der Waals surface area contributed by atoms with Crippen LogP contribution in [0.4, 0.5) is 0 Å². The van der Waals surface area contributed by atoms with Crippen LogP contribution in [-0.4, -0.2) is 38.0 Å². The van der Waals surface area contributed by atoms with E-state index in [4.69, 9.17) is 40.3 Å². The average molecular weight is 717 g/mol. The first-order chi connectivity index (χ1) is 24.3. The van der Waals surface area contributed by atoms with E-state index in [-0.39, 0.29) is 18.8 Å². The summed E-state index contributed by atoms with van der Waals surface area (Å²) in [6.07, 6.45) is 5.35. The summed E-state index contributed by atoms with van der Waals surface area (Å²) in [6, 6.07) is 15.8. The zero-order valence-electron chi connectivity index (χ0n) is 28.9. The first-order valence-corrected chi connectivity index (χ1v) is 17.7. The maximum atomic E-state index is 14.5. The van der Waals surface area contributed by atoms with Crippen molar-refractivity contribution < 1.29 is 28.5 Å². The number of halogens is 1. The van der Waals surface area contributed by atoms with Crippen molar-refractivity contribution in [1.29, 1.82) is 0 Å². The van der Waals surface area contributed by atoms with Gasteiger partial charge in [-0.3, -0.25) is 9.36 Å². The van der Waals surface area contributed by atoms with Crippen LogP contribution in [0.15, 0.2) is 88.3 Å². The maximum Gasteiger partial charge on any atom is 0.338 e. The number of nitrogens with zero attached hydrogens (tertiary/aromatic N) is 2. The predicted octanol–water partition coefficient (Wildman–Crippen LogP) is 6.96. The molecule has 1 atom stereocenters. The Morgan fingerprint density at radius 2 is 1.80 bits per heavy atom. The Bertz CT molecular complexity index is 2100. The number of ether oxygens (including phenoxy) is 5. The van der Waals surface area contributed by atoms with Crippen LogP contribution in [-0.2, 0) is 22.6 Å². The third-order valence-electron chi connectivity index (χ3n) is 8.07. The van der Waals surface area contributed by atoms with Crippen LogP contribution in [0.2, 0.25) is 5.02 Å². The van der Waals surface area contributed by atoms with E-state index in [9.17, 15) is 9.59 Å². The van der Waals surface area contributed by atoms with Crippen LogP contribution in [0, 0.1) is 0 Å². The molecule has 0 radical (unpaired) electrons. The average Bonchev–Trinajstić information content (AvgIpc) is 3.41. The maximum absolute atomic E-state index is 14.5. The van der Waals surface area contributed by atoms with Gasteiger partial charge in [0.25, 0.3) is 5.56 Å². The van der Waals surface area contributed by atoms with Crippen molar-refractivity contribution >= 4 is 35.0 Å². The topological polar surface area (TPSA) is 97.6 Å². The van der Waals surface area contributed by atoms with Crippen LogP contribution in [0.3, 0.4) is 0 Å². The van der Waals surface area contributed by atoms with Crippen molar-refractivity contribution in [3.05, 3.63) is 125 Å². The van der Waals surface area contributed by atoms with Gasteiger partial charge in [0.1, 0.15) is 24.1 Å². The highest BCUT2D eigenvalue weighted by molar-refractivity contribution is 7.07. The van der Waals surface area contributed by atoms with Gasteiger partial charge in [0.15, 0.2) is 16.3 Å². The van der Waals surface area contributed by atoms with Gasteiger partial charge in [-0.2, -0.15) is 0 Å². The Hall–Kier alpha value is -4.80. The van der Waals surface area contributed by atoms with Gasteiger partial charge >= 0.3 is 5.97 Å². The van der Waals surface area contributed by atoms with E-state index in [1.165, 1.54) is 11.3 Å². The molecule has 0 aliphatic carbocycles. The van der Waals surface area contributed by atoms with Gasteiger partial charge < -0.3 is 23.7 Å². The number of fused-ring (bicyclic) bond motifs is 1. The fraction of sp³-hybridized carbons (Fsp3) is 0.308. The van der Waals surface area contributed by atoms with E-state index in [2.05, 4.69) is 6.58 Å². The molecule has 0 spiro atoms. The summed E-state index contributed by atoms with van der Waals surface area (Å²) >= 11 is 7.65. The lowest BCUT2D eigenvalue weighted by Crippen LogP contribution is -2.40. The summed E-state index contributed by atoms with van der Waals surface area (Å²) in [7, 11) is 3.11. The molecule has 11 heteroatoms. The van der Waals surface area contributed by atoms with Crippen molar-refractivity contribution in [2.45, 2.75) is 52.7 Å². The van der Waals surface area contributed by atoms with Gasteiger partial charge in [-0.1, -0.05) is 60.6 Å². The molecular weight excluding hydrogens is 676 g/mol. The number of hydrogen-bond acceptors (Lipinski definition) is 9. The standard InChI is InChI=1S/C39H41ClN2O7S/c1-7-13-25-19-24(20-32(47-9-3)36(25)49-23-26-15-11-12-16-29(26)40)21-33-37(43)42-35(28-22-27(45-5)17-18-31(28)46-6)34(38(44)48-10-4)30(14-8-2)41-39(42)50-33/h7,11-12,15-22,35H,1,8-10,13-14,23H2,2-6H3/b33-21-/t35-/m0/s1. The Labute approximate surface area is 300 Å². The summed E-state index contributed by atoms with van der Waals surface area (Å²) in [5, 5.41) is 0.612. The summed E-state index contributed by atoms with van der Waals surface area (Å²) in [6.45, 7) is 10.4. The van der Waals surface area contributed by atoms with E-state index in [1.807, 2.05) is 56.3 Å². The molecule has 0 bridgehead atoms. The molecule has 4 aromatic rings. The number of aromatic nitrogens is 1. The number of thiazole rings is 1. The number of carbonyl (C=O) groups is 1. The number of esters is 1. The highest BCUT2D eigenvalue weighted by Gasteiger charge is 2.36. The van der Waals surface area contributed by atoms with E-state index < -0.39 is 12.0 Å². The van der Waals surface area contributed by atoms with Crippen LogP contribution >= 0.6 is 22.9 Å². The van der Waals surface area contributed by atoms with E-state index in [0.29, 0.717) is 73.6 Å². The molecule has 3 aromatic carbocycles. The molecule has 1 aliphatic heterocycles. The molecule has 0 saturated carbocycles. The van der Waals surface area contributed by atoms with Crippen LogP contribution in [0.1, 0.15) is 61.9 Å². The lowest BCUT2D eigenvalue weighted by atomic mass is 9.93. The van der Waals surface area contributed by atoms with E-state index >= 15 is 0 Å². The highest BCUT2D eigenvalue weighted by Crippen LogP contribution is 2.39. The van der Waals surface area contributed by atoms with Gasteiger partial charge in [-0.15, -0.1) is 6.58 Å². The number of allylic oxidation sites excluding steroid dienone is 2. The highest BCUT2D eigenvalue weighted by atomic mass is 35.5. The molecule has 0 fully saturated rings. The molecule has 1 aromatic heterocycles. The first kappa shape index (κ1) is 36.5. The minimum absolute atomic E-state index is 0.168. The van der Waals surface area contributed by atoms with Crippen molar-refractivity contribution in [1.82, 2.24) is 4.57 Å². The van der Waals surface area contributed by atoms with Crippen LogP contribution < -0.4 is 33.8 Å². The third-order valence-corrected chi connectivity index (χ3v) is 9.42. The van der Waals surface area contributed by atoms with Crippen LogP contribution in [0.25, 0.3) is 6.08 Å². The van der Waals surface area contributed by atoms with Crippen molar-refractivity contribution in [2.75, 3.05) is 27.4 Å². The Morgan fingerprint density at radius 1 is 1.00 bits per heavy atom. The third kappa shape index (κ3) is 7.66. The smallest absolute Gasteiger partial charge is 0.338 e. The summed E-state index contributed by atoms with van der Waals surface area (Å²) in [5.41, 5.74) is 3.55. The lowest BCUT2D eigenvalue weighted by molar-refractivity contribution is -0.139. The van der Waals surface area contributed by atoms with Gasteiger partial charge in [0.05, 0.1) is 43.2 Å². The SMILES string of the molecule is C=CCc1cc(/C=c2\sc3n(c2=O)[C@@H](c2cc(OC)ccc2OC)C(C(=O)OCC)=C(CCC)N=3)cc(OCC)c1OCc1ccccc1Cl. The summed E-state index contributed by atoms with van der Waals surface area (Å²) in [4.78, 5) is 33.5. The quantitative estimate of drug-likeness (QED) is 0.0970. The summed E-state index contributed by atoms with van der Waals surface area (Å²) < 4.78 is 31.2. The molecule has 0 amide bonds. The van der Waals surface area contributed by atoms with Crippen molar-refractivity contribution in [3.63, 3.8) is 0 Å². The molecule has 262 valence electrons. The molecule has 5 rings (SSSR count). The van der Waals surface area contributed by atoms with Gasteiger partial charge in [0.2, 0.25) is 0 Å². The predicted molar refractivity (Wildman–Crippen MR) is 196 cm³/mol. The van der Waals surface area contributed by atoms with Crippen molar-refractivity contribution in [2.24, 2.45) is 4.99 Å². The second-order valence-electron chi connectivity index (χ2n) is 11.3. The fourth-order valence-corrected chi connectivity index (χ4v) is 7.10. The van der Waals surface area contributed by atoms with Gasteiger partial charge in [0, 0.05) is 21.7 Å². The number of benzene rings is 3. The molecule has 50 heavy (non-hydrogen) atoms. The first-order valence-electron chi connectivity index (χ1n) is 16.5. The molecule has 2 heterocycles. The van der Waals surface area contributed by atoms with Crippen LogP contribution in [0.5, 0.6) is 23.0 Å². The Morgan fingerprint density at radius 3 is 2.48 bits per heavy atom. The fourth-order valence-electron chi connectivity index (χ4n) is 5.89. The largest absolute Gasteiger partial charge is 0.497 e. The zero-order valence-corrected chi connectivity index (χ0v) is 30.5. The summed E-state index contributed by atoms with van der Waals surface area (Å²) in [5.74, 6) is 1.63. The van der Waals surface area contributed by atoms with Crippen molar-refractivity contribution in [3.8, 4) is 23.0 Å². The monoisotopic (exact) mass is 716 g/mol. The Balaban J connectivity index is 1.71. The number of rotatable bonds is 15. The number of carbonyl (C=O) groups excluding carboxylic acids is 1. The van der Waals surface area contributed by atoms with E-state index in [1.54, 1.807) is 50.0 Å². The lowest BCUT2D eigenvalue weighted by Gasteiger charge is -2.27. The number of hydrogen-bond donors (Lipinski definition) is 0. The normalized spacial score (nSPS) is 14.1. The van der Waals surface area contributed by atoms with Gasteiger partial charge in [-0.05, 0) is 74.7 Å². The second-order valence-corrected chi connectivity index (χ2v) is 12.8. The minimum atomic E-state index is -0.866. The molecule has 0 unspecified atom stereocenters. The Kier molecular flexibility index (Phi) is 12.2. The minimum Gasteiger partial charge on any atom is -0.497 e. The molecular formula is C39H41ClN2O7S.